The number of hydrogen-bond acceptors (Lipinski definition) is 4. The summed E-state index contributed by atoms with van der Waals surface area (Å²) in [5, 5.41) is 0. The highest BCUT2D eigenvalue weighted by Gasteiger charge is 2.27. The molecule has 2 atom stereocenters. The van der Waals surface area contributed by atoms with Crippen molar-refractivity contribution in [1.82, 2.24) is 13.9 Å². The predicted molar refractivity (Wildman–Crippen MR) is 73.9 cm³/mol. The minimum absolute atomic E-state index is 0.135. The molecule has 2 unspecified atom stereocenters. The van der Waals surface area contributed by atoms with E-state index in [-0.39, 0.29) is 6.04 Å². The maximum Gasteiger partial charge on any atom is 0.211 e. The van der Waals surface area contributed by atoms with Gasteiger partial charge in [0.15, 0.2) is 0 Å². The largest absolute Gasteiger partial charge is 0.337 e. The Balaban J connectivity index is 1.98. The van der Waals surface area contributed by atoms with Crippen molar-refractivity contribution in [1.29, 1.82) is 0 Å². The topological polar surface area (TPSA) is 81.2 Å². The summed E-state index contributed by atoms with van der Waals surface area (Å²) in [5.74, 6) is 1.17. The Morgan fingerprint density at radius 2 is 2.32 bits per heavy atom. The van der Waals surface area contributed by atoms with Crippen molar-refractivity contribution in [2.75, 3.05) is 19.3 Å². The maximum absolute atomic E-state index is 11.6. The van der Waals surface area contributed by atoms with Gasteiger partial charge in [-0.2, -0.15) is 0 Å². The molecular weight excluding hydrogens is 264 g/mol. The quantitative estimate of drug-likeness (QED) is 0.873. The van der Waals surface area contributed by atoms with Crippen LogP contribution < -0.4 is 5.73 Å². The molecule has 0 aliphatic carbocycles. The van der Waals surface area contributed by atoms with Gasteiger partial charge in [0.1, 0.15) is 5.82 Å². The first-order chi connectivity index (χ1) is 8.88. The summed E-state index contributed by atoms with van der Waals surface area (Å²) in [4.78, 5) is 4.26. The van der Waals surface area contributed by atoms with Crippen molar-refractivity contribution < 1.29 is 8.42 Å². The van der Waals surface area contributed by atoms with Gasteiger partial charge >= 0.3 is 0 Å². The lowest BCUT2D eigenvalue weighted by Gasteiger charge is -2.32. The molecule has 2 heterocycles. The van der Waals surface area contributed by atoms with Crippen molar-refractivity contribution in [3.05, 3.63) is 18.2 Å². The van der Waals surface area contributed by atoms with Crippen LogP contribution in [0.1, 0.15) is 31.1 Å². The molecule has 2 N–H and O–H groups in total. The van der Waals surface area contributed by atoms with Crippen LogP contribution in [0.5, 0.6) is 0 Å². The number of rotatable bonds is 4. The molecule has 0 aromatic carbocycles. The lowest BCUT2D eigenvalue weighted by atomic mass is 9.92. The average Bonchev–Trinajstić information content (AvgIpc) is 2.75. The Morgan fingerprint density at radius 1 is 1.58 bits per heavy atom. The van der Waals surface area contributed by atoms with Gasteiger partial charge in [0.05, 0.1) is 12.3 Å². The molecule has 1 saturated heterocycles. The third-order valence-electron chi connectivity index (χ3n) is 3.73. The van der Waals surface area contributed by atoms with Gasteiger partial charge in [-0.15, -0.1) is 0 Å². The standard InChI is InChI=1S/C12H22N4O2S/c1-15-7-5-14-12(15)11(13)8-10-4-3-6-16(9-10)19(2,17)18/h5,7,10-11H,3-4,6,8-9,13H2,1-2H3. The third-order valence-corrected chi connectivity index (χ3v) is 5.00. The summed E-state index contributed by atoms with van der Waals surface area (Å²) >= 11 is 0. The molecule has 0 bridgehead atoms. The second-order valence-electron chi connectivity index (χ2n) is 5.37. The monoisotopic (exact) mass is 286 g/mol. The summed E-state index contributed by atoms with van der Waals surface area (Å²) in [6, 6.07) is -0.135. The molecule has 1 aromatic heterocycles. The van der Waals surface area contributed by atoms with Crippen LogP contribution in [0, 0.1) is 5.92 Å². The Labute approximate surface area is 114 Å². The van der Waals surface area contributed by atoms with E-state index in [0.717, 1.165) is 25.1 Å². The van der Waals surface area contributed by atoms with E-state index in [1.165, 1.54) is 6.26 Å². The fraction of sp³-hybridized carbons (Fsp3) is 0.750. The maximum atomic E-state index is 11.6. The fourth-order valence-electron chi connectivity index (χ4n) is 2.72. The number of aryl methyl sites for hydroxylation is 1. The van der Waals surface area contributed by atoms with Crippen molar-refractivity contribution in [3.8, 4) is 0 Å². The summed E-state index contributed by atoms with van der Waals surface area (Å²) in [6.07, 6.45) is 7.60. The molecular formula is C12H22N4O2S. The number of nitrogens with two attached hydrogens (primary N) is 1. The van der Waals surface area contributed by atoms with E-state index in [1.54, 1.807) is 10.5 Å². The third kappa shape index (κ3) is 3.55. The Bertz CT molecular complexity index is 526. The molecule has 7 heteroatoms. The van der Waals surface area contributed by atoms with Crippen molar-refractivity contribution in [3.63, 3.8) is 0 Å². The highest BCUT2D eigenvalue weighted by atomic mass is 32.2. The molecule has 1 aliphatic rings. The molecule has 0 radical (unpaired) electrons. The molecule has 1 fully saturated rings. The number of piperidine rings is 1. The number of hydrogen-bond donors (Lipinski definition) is 1. The first-order valence-corrected chi connectivity index (χ1v) is 8.40. The van der Waals surface area contributed by atoms with E-state index in [0.29, 0.717) is 19.0 Å². The molecule has 0 spiro atoms. The highest BCUT2D eigenvalue weighted by molar-refractivity contribution is 7.88. The molecule has 0 saturated carbocycles. The zero-order valence-corrected chi connectivity index (χ0v) is 12.3. The van der Waals surface area contributed by atoms with Crippen LogP contribution in [0.15, 0.2) is 12.4 Å². The van der Waals surface area contributed by atoms with Gasteiger partial charge in [-0.05, 0) is 25.2 Å². The van der Waals surface area contributed by atoms with Gasteiger partial charge in [-0.25, -0.2) is 17.7 Å². The van der Waals surface area contributed by atoms with E-state index < -0.39 is 10.0 Å². The Morgan fingerprint density at radius 3 is 2.89 bits per heavy atom. The minimum atomic E-state index is -3.08. The van der Waals surface area contributed by atoms with E-state index in [9.17, 15) is 8.42 Å². The molecule has 2 rings (SSSR count). The van der Waals surface area contributed by atoms with Crippen LogP contribution >= 0.6 is 0 Å². The number of nitrogens with zero attached hydrogens (tertiary/aromatic N) is 3. The van der Waals surface area contributed by atoms with E-state index in [1.807, 2.05) is 17.8 Å². The van der Waals surface area contributed by atoms with E-state index >= 15 is 0 Å². The predicted octanol–water partition coefficient (Wildman–Crippen LogP) is 0.482. The fourth-order valence-corrected chi connectivity index (χ4v) is 3.66. The van der Waals surface area contributed by atoms with Crippen LogP contribution in [0.4, 0.5) is 0 Å². The van der Waals surface area contributed by atoms with Crippen molar-refractivity contribution in [2.24, 2.45) is 18.7 Å². The summed E-state index contributed by atoms with van der Waals surface area (Å²) in [6.45, 7) is 1.21. The minimum Gasteiger partial charge on any atom is -0.337 e. The van der Waals surface area contributed by atoms with Gasteiger partial charge in [-0.3, -0.25) is 0 Å². The molecule has 0 amide bonds. The summed E-state index contributed by atoms with van der Waals surface area (Å²) < 4.78 is 26.6. The molecule has 108 valence electrons. The zero-order valence-electron chi connectivity index (χ0n) is 11.5. The van der Waals surface area contributed by atoms with Gasteiger partial charge in [0.2, 0.25) is 10.0 Å². The van der Waals surface area contributed by atoms with Crippen molar-refractivity contribution >= 4 is 10.0 Å². The van der Waals surface area contributed by atoms with Gasteiger partial charge < -0.3 is 10.3 Å². The van der Waals surface area contributed by atoms with Crippen LogP contribution in [0.2, 0.25) is 0 Å². The van der Waals surface area contributed by atoms with Gasteiger partial charge in [0, 0.05) is 32.5 Å². The lowest BCUT2D eigenvalue weighted by Crippen LogP contribution is -2.40. The van der Waals surface area contributed by atoms with Crippen LogP contribution in [0.3, 0.4) is 0 Å². The second kappa shape index (κ2) is 5.60. The van der Waals surface area contributed by atoms with Gasteiger partial charge in [-0.1, -0.05) is 0 Å². The number of sulfonamides is 1. The number of aromatic nitrogens is 2. The molecule has 6 nitrogen and oxygen atoms in total. The second-order valence-corrected chi connectivity index (χ2v) is 7.35. The van der Waals surface area contributed by atoms with Crippen LogP contribution in [-0.2, 0) is 17.1 Å². The number of imidazole rings is 1. The lowest BCUT2D eigenvalue weighted by molar-refractivity contribution is 0.245. The SMILES string of the molecule is Cn1ccnc1C(N)CC1CCCN(S(C)(=O)=O)C1. The summed E-state index contributed by atoms with van der Waals surface area (Å²) in [5.41, 5.74) is 6.17. The van der Waals surface area contributed by atoms with Gasteiger partial charge in [0.25, 0.3) is 0 Å². The van der Waals surface area contributed by atoms with E-state index in [4.69, 9.17) is 5.73 Å². The first-order valence-electron chi connectivity index (χ1n) is 6.56. The Kier molecular flexibility index (Phi) is 4.27. The molecule has 1 aliphatic heterocycles. The smallest absolute Gasteiger partial charge is 0.211 e. The van der Waals surface area contributed by atoms with Crippen molar-refractivity contribution in [2.45, 2.75) is 25.3 Å². The highest BCUT2D eigenvalue weighted by Crippen LogP contribution is 2.26. The summed E-state index contributed by atoms with van der Waals surface area (Å²) in [7, 11) is -1.16. The van der Waals surface area contributed by atoms with Crippen LogP contribution in [-0.4, -0.2) is 41.6 Å². The molecule has 19 heavy (non-hydrogen) atoms. The zero-order chi connectivity index (χ0) is 14.0. The average molecular weight is 286 g/mol. The molecule has 1 aromatic rings. The van der Waals surface area contributed by atoms with Crippen LogP contribution in [0.25, 0.3) is 0 Å². The normalized spacial score (nSPS) is 23.4. The van der Waals surface area contributed by atoms with E-state index in [2.05, 4.69) is 4.98 Å². The Hall–Kier alpha value is -0.920. The first kappa shape index (κ1) is 14.5.